The third kappa shape index (κ3) is 3.77. The van der Waals surface area contributed by atoms with E-state index in [0.717, 1.165) is 5.56 Å². The van der Waals surface area contributed by atoms with E-state index in [-0.39, 0.29) is 36.1 Å². The van der Waals surface area contributed by atoms with Gasteiger partial charge in [0.05, 0.1) is 23.6 Å². The molecule has 0 fully saturated rings. The van der Waals surface area contributed by atoms with Crippen molar-refractivity contribution in [2.24, 2.45) is 0 Å². The molecule has 9 nitrogen and oxygen atoms in total. The molecule has 154 valence electrons. The van der Waals surface area contributed by atoms with Gasteiger partial charge in [-0.05, 0) is 48.1 Å². The highest BCUT2D eigenvalue weighted by molar-refractivity contribution is 7.71. The van der Waals surface area contributed by atoms with Crippen LogP contribution < -0.4 is 20.3 Å². The Labute approximate surface area is 175 Å². The second-order valence-electron chi connectivity index (χ2n) is 6.54. The summed E-state index contributed by atoms with van der Waals surface area (Å²) in [5.41, 5.74) is 1.08. The largest absolute Gasteiger partial charge is 0.465 e. The number of amides is 1. The van der Waals surface area contributed by atoms with Crippen molar-refractivity contribution >= 4 is 35.0 Å². The van der Waals surface area contributed by atoms with Crippen molar-refractivity contribution in [2.75, 3.05) is 13.9 Å². The fraction of sp³-hybridized carbons (Fsp3) is 0.200. The second kappa shape index (κ2) is 7.99. The Morgan fingerprint density at radius 2 is 2.00 bits per heavy atom. The van der Waals surface area contributed by atoms with E-state index in [1.165, 1.54) is 29.9 Å². The minimum absolute atomic E-state index is 0.0766. The van der Waals surface area contributed by atoms with Gasteiger partial charge in [0.25, 0.3) is 5.56 Å². The normalized spacial score (nSPS) is 12.0. The number of fused-ring (bicyclic) bond motifs is 2. The maximum absolute atomic E-state index is 12.8. The monoisotopic (exact) mass is 427 g/mol. The van der Waals surface area contributed by atoms with Crippen LogP contribution in [0.4, 0.5) is 0 Å². The number of aromatic nitrogens is 2. The Kier molecular flexibility index (Phi) is 5.23. The van der Waals surface area contributed by atoms with Gasteiger partial charge in [0, 0.05) is 6.54 Å². The molecule has 30 heavy (non-hydrogen) atoms. The molecule has 0 atom stereocenters. The third-order valence-corrected chi connectivity index (χ3v) is 4.95. The van der Waals surface area contributed by atoms with Gasteiger partial charge < -0.3 is 24.5 Å². The number of carbonyl (C=O) groups is 2. The molecule has 0 spiro atoms. The Morgan fingerprint density at radius 3 is 2.80 bits per heavy atom. The molecule has 0 saturated heterocycles. The summed E-state index contributed by atoms with van der Waals surface area (Å²) in [5.74, 6) is 0.388. The summed E-state index contributed by atoms with van der Waals surface area (Å²) in [6, 6.07) is 9.85. The topological polar surface area (TPSA) is 112 Å². The Balaban J connectivity index is 1.51. The molecule has 4 rings (SSSR count). The molecule has 10 heteroatoms. The van der Waals surface area contributed by atoms with Crippen LogP contribution in [-0.4, -0.2) is 35.3 Å². The van der Waals surface area contributed by atoms with Crippen molar-refractivity contribution in [1.29, 1.82) is 0 Å². The van der Waals surface area contributed by atoms with Crippen molar-refractivity contribution in [2.45, 2.75) is 13.1 Å². The number of esters is 1. The molecular formula is C20H17N3O6S. The standard InChI is InChI=1S/C20H17N3O6S/c1-27-19(26)12-3-4-13-14(7-12)22-20(30)23(18(13)25)9-17(24)21-8-11-2-5-15-16(6-11)29-10-28-15/h2-7H,8-10H2,1H3,(H,21,24)(H,22,30). The molecule has 1 amide bonds. The molecule has 2 N–H and O–H groups in total. The van der Waals surface area contributed by atoms with Crippen LogP contribution in [0.2, 0.25) is 0 Å². The molecule has 1 aliphatic rings. The van der Waals surface area contributed by atoms with Gasteiger partial charge in [-0.3, -0.25) is 14.2 Å². The van der Waals surface area contributed by atoms with Crippen LogP contribution in [-0.2, 0) is 22.6 Å². The first kappa shape index (κ1) is 19.6. The van der Waals surface area contributed by atoms with Crippen LogP contribution >= 0.6 is 12.2 Å². The predicted molar refractivity (Wildman–Crippen MR) is 109 cm³/mol. The summed E-state index contributed by atoms with van der Waals surface area (Å²) >= 11 is 5.24. The van der Waals surface area contributed by atoms with Crippen LogP contribution in [0.1, 0.15) is 15.9 Å². The van der Waals surface area contributed by atoms with E-state index in [9.17, 15) is 14.4 Å². The highest BCUT2D eigenvalue weighted by Crippen LogP contribution is 2.32. The van der Waals surface area contributed by atoms with Crippen LogP contribution in [0.25, 0.3) is 10.9 Å². The van der Waals surface area contributed by atoms with Gasteiger partial charge >= 0.3 is 5.97 Å². The van der Waals surface area contributed by atoms with E-state index in [2.05, 4.69) is 15.0 Å². The number of hydrogen-bond donors (Lipinski definition) is 2. The lowest BCUT2D eigenvalue weighted by atomic mass is 10.1. The maximum Gasteiger partial charge on any atom is 0.337 e. The van der Waals surface area contributed by atoms with E-state index in [1.54, 1.807) is 12.1 Å². The third-order valence-electron chi connectivity index (χ3n) is 4.63. The molecule has 0 bridgehead atoms. The number of methoxy groups -OCH3 is 1. The van der Waals surface area contributed by atoms with Gasteiger partial charge in [0.2, 0.25) is 12.7 Å². The maximum atomic E-state index is 12.8. The number of benzene rings is 2. The minimum atomic E-state index is -0.525. The zero-order valence-electron chi connectivity index (χ0n) is 15.9. The zero-order valence-corrected chi connectivity index (χ0v) is 16.7. The number of hydrogen-bond acceptors (Lipinski definition) is 7. The first-order chi connectivity index (χ1) is 14.5. The lowest BCUT2D eigenvalue weighted by Crippen LogP contribution is -2.33. The molecule has 1 aliphatic heterocycles. The average Bonchev–Trinajstić information content (AvgIpc) is 3.22. The molecule has 2 aromatic carbocycles. The van der Waals surface area contributed by atoms with Crippen molar-refractivity contribution in [3.8, 4) is 11.5 Å². The van der Waals surface area contributed by atoms with E-state index in [1.807, 2.05) is 6.07 Å². The van der Waals surface area contributed by atoms with Gasteiger partial charge in [-0.2, -0.15) is 0 Å². The fourth-order valence-electron chi connectivity index (χ4n) is 3.09. The number of carbonyl (C=O) groups excluding carboxylic acids is 2. The lowest BCUT2D eigenvalue weighted by molar-refractivity contribution is -0.121. The van der Waals surface area contributed by atoms with Crippen LogP contribution in [0.15, 0.2) is 41.2 Å². The number of aromatic amines is 1. The molecule has 0 aliphatic carbocycles. The van der Waals surface area contributed by atoms with Crippen molar-refractivity contribution in [3.63, 3.8) is 0 Å². The Morgan fingerprint density at radius 1 is 1.20 bits per heavy atom. The number of H-pyrrole nitrogens is 1. The number of ether oxygens (including phenoxy) is 3. The highest BCUT2D eigenvalue weighted by atomic mass is 32.1. The number of rotatable bonds is 5. The quantitative estimate of drug-likeness (QED) is 0.472. The van der Waals surface area contributed by atoms with E-state index < -0.39 is 11.5 Å². The van der Waals surface area contributed by atoms with Gasteiger partial charge in [0.15, 0.2) is 16.3 Å². The average molecular weight is 427 g/mol. The van der Waals surface area contributed by atoms with Crippen molar-refractivity contribution in [1.82, 2.24) is 14.9 Å². The zero-order chi connectivity index (χ0) is 21.3. The summed E-state index contributed by atoms with van der Waals surface area (Å²) in [4.78, 5) is 39.7. The minimum Gasteiger partial charge on any atom is -0.465 e. The van der Waals surface area contributed by atoms with Gasteiger partial charge in [0.1, 0.15) is 6.54 Å². The summed E-state index contributed by atoms with van der Waals surface area (Å²) < 4.78 is 16.5. The SMILES string of the molecule is COC(=O)c1ccc2c(=O)n(CC(=O)NCc3ccc4c(c3)OCO4)c(=S)[nH]c2c1. The first-order valence-electron chi connectivity index (χ1n) is 8.96. The van der Waals surface area contributed by atoms with Crippen molar-refractivity contribution in [3.05, 3.63) is 62.6 Å². The first-order valence-corrected chi connectivity index (χ1v) is 9.37. The molecule has 0 radical (unpaired) electrons. The lowest BCUT2D eigenvalue weighted by Gasteiger charge is -2.10. The molecule has 2 heterocycles. The Bertz CT molecular complexity index is 1280. The molecule has 0 saturated carbocycles. The van der Waals surface area contributed by atoms with E-state index >= 15 is 0 Å². The number of nitrogens with one attached hydrogen (secondary N) is 2. The summed E-state index contributed by atoms with van der Waals surface area (Å²) in [6.45, 7) is 0.194. The predicted octanol–water partition coefficient (Wildman–Crippen LogP) is 1.89. The summed E-state index contributed by atoms with van der Waals surface area (Å²) in [7, 11) is 1.27. The molecule has 1 aromatic heterocycles. The molecular weight excluding hydrogens is 410 g/mol. The van der Waals surface area contributed by atoms with Gasteiger partial charge in [-0.15, -0.1) is 0 Å². The fourth-order valence-corrected chi connectivity index (χ4v) is 3.35. The van der Waals surface area contributed by atoms with Crippen molar-refractivity contribution < 1.29 is 23.8 Å². The summed E-state index contributed by atoms with van der Waals surface area (Å²) in [6.07, 6.45) is 0. The number of nitrogens with zero attached hydrogens (tertiary/aromatic N) is 1. The van der Waals surface area contributed by atoms with E-state index in [4.69, 9.17) is 21.7 Å². The van der Waals surface area contributed by atoms with Gasteiger partial charge in [-0.25, -0.2) is 4.79 Å². The van der Waals surface area contributed by atoms with Crippen LogP contribution in [0, 0.1) is 4.77 Å². The Hall–Kier alpha value is -3.66. The van der Waals surface area contributed by atoms with Crippen LogP contribution in [0.3, 0.4) is 0 Å². The van der Waals surface area contributed by atoms with E-state index in [0.29, 0.717) is 22.4 Å². The molecule has 0 unspecified atom stereocenters. The molecule has 3 aromatic rings. The smallest absolute Gasteiger partial charge is 0.337 e. The van der Waals surface area contributed by atoms with Crippen LogP contribution in [0.5, 0.6) is 11.5 Å². The highest BCUT2D eigenvalue weighted by Gasteiger charge is 2.15. The second-order valence-corrected chi connectivity index (χ2v) is 6.92. The summed E-state index contributed by atoms with van der Waals surface area (Å²) in [5, 5.41) is 3.06. The van der Waals surface area contributed by atoms with Gasteiger partial charge in [-0.1, -0.05) is 6.07 Å².